The Morgan fingerprint density at radius 3 is 2.70 bits per heavy atom. The molecule has 0 unspecified atom stereocenters. The van der Waals surface area contributed by atoms with Gasteiger partial charge in [0.1, 0.15) is 0 Å². The Hall–Kier alpha value is -2.55. The summed E-state index contributed by atoms with van der Waals surface area (Å²) in [7, 11) is 0. The number of aromatic amines is 1. The van der Waals surface area contributed by atoms with E-state index in [-0.39, 0.29) is 5.91 Å². The lowest BCUT2D eigenvalue weighted by atomic mass is 10.1. The highest BCUT2D eigenvalue weighted by molar-refractivity contribution is 5.98. The molecule has 0 saturated heterocycles. The first-order valence-electron chi connectivity index (χ1n) is 6.63. The number of amides is 1. The molecule has 3 rings (SSSR count). The number of rotatable bonds is 3. The maximum atomic E-state index is 12.1. The van der Waals surface area contributed by atoms with E-state index in [2.05, 4.69) is 17.2 Å². The molecular formula is C17H16N2O. The van der Waals surface area contributed by atoms with E-state index in [0.717, 1.165) is 16.5 Å². The molecule has 0 saturated carbocycles. The molecular weight excluding hydrogens is 248 g/mol. The van der Waals surface area contributed by atoms with Gasteiger partial charge in [-0.05, 0) is 36.8 Å². The lowest BCUT2D eigenvalue weighted by Crippen LogP contribution is -2.22. The molecule has 1 heterocycles. The summed E-state index contributed by atoms with van der Waals surface area (Å²) in [6.45, 7) is 2.60. The van der Waals surface area contributed by atoms with Gasteiger partial charge in [0.25, 0.3) is 5.91 Å². The van der Waals surface area contributed by atoms with Crippen molar-refractivity contribution in [2.45, 2.75) is 13.5 Å². The van der Waals surface area contributed by atoms with E-state index in [9.17, 15) is 4.79 Å². The lowest BCUT2D eigenvalue weighted by Gasteiger charge is -2.06. The first kappa shape index (κ1) is 12.5. The highest BCUT2D eigenvalue weighted by atomic mass is 16.1. The molecule has 0 bridgehead atoms. The van der Waals surface area contributed by atoms with E-state index < -0.39 is 0 Å². The van der Waals surface area contributed by atoms with Gasteiger partial charge in [-0.2, -0.15) is 0 Å². The number of H-pyrrole nitrogens is 1. The molecule has 3 nitrogen and oxygen atoms in total. The molecule has 0 aliphatic carbocycles. The van der Waals surface area contributed by atoms with Crippen LogP contribution in [0.2, 0.25) is 0 Å². The Bertz CT molecular complexity index is 741. The quantitative estimate of drug-likeness (QED) is 0.748. The van der Waals surface area contributed by atoms with Gasteiger partial charge in [-0.1, -0.05) is 29.8 Å². The first-order chi connectivity index (χ1) is 9.72. The number of nitrogens with one attached hydrogen (secondary N) is 2. The van der Waals surface area contributed by atoms with Crippen LogP contribution in [0.3, 0.4) is 0 Å². The van der Waals surface area contributed by atoms with Crippen molar-refractivity contribution < 1.29 is 4.79 Å². The summed E-state index contributed by atoms with van der Waals surface area (Å²) in [6.07, 6.45) is 1.87. The van der Waals surface area contributed by atoms with Crippen molar-refractivity contribution in [3.63, 3.8) is 0 Å². The van der Waals surface area contributed by atoms with Crippen LogP contribution in [0, 0.1) is 6.92 Å². The van der Waals surface area contributed by atoms with Crippen LogP contribution >= 0.6 is 0 Å². The molecule has 2 aromatic carbocycles. The Labute approximate surface area is 117 Å². The maximum Gasteiger partial charge on any atom is 0.251 e. The Morgan fingerprint density at radius 2 is 1.90 bits per heavy atom. The SMILES string of the molecule is Cc1ccc(CNC(=O)c2ccc3[nH]ccc3c2)cc1. The lowest BCUT2D eigenvalue weighted by molar-refractivity contribution is 0.0951. The summed E-state index contributed by atoms with van der Waals surface area (Å²) in [5.41, 5.74) is 4.05. The second-order valence-electron chi connectivity index (χ2n) is 4.95. The molecule has 3 aromatic rings. The monoisotopic (exact) mass is 264 g/mol. The topological polar surface area (TPSA) is 44.9 Å². The molecule has 2 N–H and O–H groups in total. The summed E-state index contributed by atoms with van der Waals surface area (Å²) in [5.74, 6) is -0.0475. The number of carbonyl (C=O) groups is 1. The average molecular weight is 264 g/mol. The summed E-state index contributed by atoms with van der Waals surface area (Å²) in [6, 6.07) is 15.8. The van der Waals surface area contributed by atoms with Gasteiger partial charge < -0.3 is 10.3 Å². The van der Waals surface area contributed by atoms with Crippen molar-refractivity contribution in [2.75, 3.05) is 0 Å². The number of fused-ring (bicyclic) bond motifs is 1. The minimum atomic E-state index is -0.0475. The number of aromatic nitrogens is 1. The smallest absolute Gasteiger partial charge is 0.251 e. The van der Waals surface area contributed by atoms with Crippen molar-refractivity contribution >= 4 is 16.8 Å². The molecule has 0 aliphatic rings. The van der Waals surface area contributed by atoms with Gasteiger partial charge in [0.2, 0.25) is 0 Å². The van der Waals surface area contributed by atoms with E-state index >= 15 is 0 Å². The Kier molecular flexibility index (Phi) is 3.25. The standard InChI is InChI=1S/C17H16N2O/c1-12-2-4-13(5-3-12)11-19-17(20)15-6-7-16-14(10-15)8-9-18-16/h2-10,18H,11H2,1H3,(H,19,20). The zero-order chi connectivity index (χ0) is 13.9. The summed E-state index contributed by atoms with van der Waals surface area (Å²) < 4.78 is 0. The molecule has 20 heavy (non-hydrogen) atoms. The van der Waals surface area contributed by atoms with Crippen molar-refractivity contribution in [1.29, 1.82) is 0 Å². The van der Waals surface area contributed by atoms with E-state index in [1.165, 1.54) is 5.56 Å². The fourth-order valence-corrected chi connectivity index (χ4v) is 2.18. The van der Waals surface area contributed by atoms with Crippen molar-refractivity contribution in [1.82, 2.24) is 10.3 Å². The third-order valence-corrected chi connectivity index (χ3v) is 3.39. The summed E-state index contributed by atoms with van der Waals surface area (Å²) in [4.78, 5) is 15.2. The Balaban J connectivity index is 1.70. The molecule has 0 spiro atoms. The van der Waals surface area contributed by atoms with Crippen LogP contribution in [0.25, 0.3) is 10.9 Å². The highest BCUT2D eigenvalue weighted by Crippen LogP contribution is 2.14. The molecule has 100 valence electrons. The number of hydrogen-bond acceptors (Lipinski definition) is 1. The van der Waals surface area contributed by atoms with Gasteiger partial charge in [-0.25, -0.2) is 0 Å². The van der Waals surface area contributed by atoms with Crippen LogP contribution in [0.4, 0.5) is 0 Å². The number of hydrogen-bond donors (Lipinski definition) is 2. The predicted molar refractivity (Wildman–Crippen MR) is 80.6 cm³/mol. The number of aryl methyl sites for hydroxylation is 1. The maximum absolute atomic E-state index is 12.1. The molecule has 1 aromatic heterocycles. The third-order valence-electron chi connectivity index (χ3n) is 3.39. The number of carbonyl (C=O) groups excluding carboxylic acids is 1. The van der Waals surface area contributed by atoms with Gasteiger partial charge in [0.15, 0.2) is 0 Å². The predicted octanol–water partition coefficient (Wildman–Crippen LogP) is 3.41. The van der Waals surface area contributed by atoms with E-state index in [0.29, 0.717) is 12.1 Å². The van der Waals surface area contributed by atoms with Crippen LogP contribution in [-0.4, -0.2) is 10.9 Å². The zero-order valence-corrected chi connectivity index (χ0v) is 11.3. The molecule has 0 atom stereocenters. The zero-order valence-electron chi connectivity index (χ0n) is 11.3. The average Bonchev–Trinajstić information content (AvgIpc) is 2.93. The Morgan fingerprint density at radius 1 is 1.10 bits per heavy atom. The van der Waals surface area contributed by atoms with Crippen molar-refractivity contribution in [2.24, 2.45) is 0 Å². The molecule has 1 amide bonds. The molecule has 3 heteroatoms. The molecule has 0 radical (unpaired) electrons. The van der Waals surface area contributed by atoms with Crippen molar-refractivity contribution in [3.8, 4) is 0 Å². The van der Waals surface area contributed by atoms with Crippen LogP contribution in [0.1, 0.15) is 21.5 Å². The fourth-order valence-electron chi connectivity index (χ4n) is 2.18. The van der Waals surface area contributed by atoms with Crippen LogP contribution < -0.4 is 5.32 Å². The van der Waals surface area contributed by atoms with Gasteiger partial charge in [0.05, 0.1) is 0 Å². The molecule has 0 aliphatic heterocycles. The third kappa shape index (κ3) is 2.57. The second kappa shape index (κ2) is 5.21. The van der Waals surface area contributed by atoms with Crippen LogP contribution in [-0.2, 0) is 6.54 Å². The summed E-state index contributed by atoms with van der Waals surface area (Å²) >= 11 is 0. The first-order valence-corrected chi connectivity index (χ1v) is 6.63. The second-order valence-corrected chi connectivity index (χ2v) is 4.95. The van der Waals surface area contributed by atoms with Gasteiger partial charge in [0, 0.05) is 29.2 Å². The van der Waals surface area contributed by atoms with Crippen LogP contribution in [0.5, 0.6) is 0 Å². The van der Waals surface area contributed by atoms with E-state index in [1.54, 1.807) is 0 Å². The van der Waals surface area contributed by atoms with Crippen molar-refractivity contribution in [3.05, 3.63) is 71.4 Å². The normalized spacial score (nSPS) is 10.7. The highest BCUT2D eigenvalue weighted by Gasteiger charge is 2.06. The largest absolute Gasteiger partial charge is 0.361 e. The van der Waals surface area contributed by atoms with E-state index in [4.69, 9.17) is 0 Å². The minimum Gasteiger partial charge on any atom is -0.361 e. The van der Waals surface area contributed by atoms with Crippen LogP contribution in [0.15, 0.2) is 54.7 Å². The van der Waals surface area contributed by atoms with E-state index in [1.807, 2.05) is 54.7 Å². The van der Waals surface area contributed by atoms with Gasteiger partial charge in [-0.15, -0.1) is 0 Å². The van der Waals surface area contributed by atoms with Gasteiger partial charge >= 0.3 is 0 Å². The number of benzene rings is 2. The fraction of sp³-hybridized carbons (Fsp3) is 0.118. The van der Waals surface area contributed by atoms with Gasteiger partial charge in [-0.3, -0.25) is 4.79 Å². The minimum absolute atomic E-state index is 0.0475. The molecule has 0 fully saturated rings. The summed E-state index contributed by atoms with van der Waals surface area (Å²) in [5, 5.41) is 3.99.